The fourth-order valence-corrected chi connectivity index (χ4v) is 1.29. The zero-order valence-electron chi connectivity index (χ0n) is 9.82. The summed E-state index contributed by atoms with van der Waals surface area (Å²) in [5, 5.41) is 11.9. The number of ether oxygens (including phenoxy) is 1. The molecule has 0 radical (unpaired) electrons. The van der Waals surface area contributed by atoms with Crippen molar-refractivity contribution in [2.45, 2.75) is 13.0 Å². The Morgan fingerprint density at radius 1 is 1.59 bits per heavy atom. The van der Waals surface area contributed by atoms with Gasteiger partial charge in [-0.1, -0.05) is 0 Å². The average Bonchev–Trinajstić information content (AvgIpc) is 2.75. The van der Waals surface area contributed by atoms with Gasteiger partial charge in [0.1, 0.15) is 5.69 Å². The number of methoxy groups -OCH3 is 1. The van der Waals surface area contributed by atoms with Gasteiger partial charge in [-0.05, 0) is 13.0 Å². The van der Waals surface area contributed by atoms with Crippen LogP contribution in [0.15, 0.2) is 12.3 Å². The fourth-order valence-electron chi connectivity index (χ4n) is 1.29. The average molecular weight is 240 g/mol. The Hall–Kier alpha value is -1.66. The first-order valence-corrected chi connectivity index (χ1v) is 5.19. The molecule has 6 nitrogen and oxygen atoms in total. The Balaban J connectivity index is 2.49. The van der Waals surface area contributed by atoms with Crippen LogP contribution in [-0.4, -0.2) is 48.1 Å². The molecule has 1 aromatic rings. The van der Waals surface area contributed by atoms with E-state index in [9.17, 15) is 14.7 Å². The van der Waals surface area contributed by atoms with E-state index in [4.69, 9.17) is 4.74 Å². The molecule has 0 spiro atoms. The van der Waals surface area contributed by atoms with E-state index in [-0.39, 0.29) is 24.8 Å². The molecule has 0 saturated carbocycles. The molecule has 0 aromatic carbocycles. The van der Waals surface area contributed by atoms with Crippen LogP contribution in [0.5, 0.6) is 0 Å². The number of aliphatic hydroxyl groups is 1. The molecular weight excluding hydrogens is 224 g/mol. The first-order chi connectivity index (χ1) is 8.04. The second kappa shape index (κ2) is 6.17. The fraction of sp³-hybridized carbons (Fsp3) is 0.455. The minimum Gasteiger partial charge on any atom is -0.389 e. The Labute approximate surface area is 99.0 Å². The maximum atomic E-state index is 11.6. The molecule has 1 aromatic heterocycles. The molecule has 1 atom stereocenters. The quantitative estimate of drug-likeness (QED) is 0.608. The number of rotatable bonds is 6. The summed E-state index contributed by atoms with van der Waals surface area (Å²) >= 11 is 0. The highest BCUT2D eigenvalue weighted by molar-refractivity contribution is 5.99. The third-order valence-electron chi connectivity index (χ3n) is 2.19. The van der Waals surface area contributed by atoms with Crippen molar-refractivity contribution in [3.63, 3.8) is 0 Å². The Bertz CT molecular complexity index is 400. The van der Waals surface area contributed by atoms with Crippen molar-refractivity contribution in [2.24, 2.45) is 0 Å². The monoisotopic (exact) mass is 240 g/mol. The van der Waals surface area contributed by atoms with Gasteiger partial charge in [0.05, 0.1) is 12.7 Å². The summed E-state index contributed by atoms with van der Waals surface area (Å²) < 4.78 is 4.72. The van der Waals surface area contributed by atoms with E-state index < -0.39 is 6.10 Å². The van der Waals surface area contributed by atoms with Crippen molar-refractivity contribution in [1.29, 1.82) is 0 Å². The third kappa shape index (κ3) is 4.01. The molecule has 0 fully saturated rings. The lowest BCUT2D eigenvalue weighted by Crippen LogP contribution is -2.34. The zero-order valence-corrected chi connectivity index (χ0v) is 9.82. The molecule has 3 N–H and O–H groups in total. The molecule has 0 aliphatic heterocycles. The van der Waals surface area contributed by atoms with E-state index in [1.54, 1.807) is 0 Å². The largest absolute Gasteiger partial charge is 0.389 e. The van der Waals surface area contributed by atoms with Crippen LogP contribution < -0.4 is 5.32 Å². The van der Waals surface area contributed by atoms with Gasteiger partial charge in [0.25, 0.3) is 5.91 Å². The molecule has 0 aliphatic carbocycles. The van der Waals surface area contributed by atoms with Crippen molar-refractivity contribution >= 4 is 11.7 Å². The summed E-state index contributed by atoms with van der Waals surface area (Å²) in [7, 11) is 1.47. The topological polar surface area (TPSA) is 91.4 Å². The lowest BCUT2D eigenvalue weighted by molar-refractivity contribution is 0.0609. The lowest BCUT2D eigenvalue weighted by Gasteiger charge is -2.09. The number of aromatic amines is 1. The van der Waals surface area contributed by atoms with Gasteiger partial charge in [-0.3, -0.25) is 9.59 Å². The second-order valence-electron chi connectivity index (χ2n) is 3.68. The number of nitrogens with one attached hydrogen (secondary N) is 2. The zero-order chi connectivity index (χ0) is 12.8. The molecule has 17 heavy (non-hydrogen) atoms. The summed E-state index contributed by atoms with van der Waals surface area (Å²) in [5.41, 5.74) is 0.743. The minimum atomic E-state index is -0.744. The molecule has 1 unspecified atom stereocenters. The summed E-state index contributed by atoms with van der Waals surface area (Å²) in [5.74, 6) is -0.479. The van der Waals surface area contributed by atoms with E-state index in [0.717, 1.165) is 0 Å². The van der Waals surface area contributed by atoms with Crippen LogP contribution in [0.2, 0.25) is 0 Å². The SMILES string of the molecule is COCC(O)CNC(=O)c1cc(C(C)=O)c[nH]1. The van der Waals surface area contributed by atoms with Crippen LogP contribution in [0.3, 0.4) is 0 Å². The Kier molecular flexibility index (Phi) is 4.86. The van der Waals surface area contributed by atoms with Crippen LogP contribution in [0.1, 0.15) is 27.8 Å². The Morgan fingerprint density at radius 2 is 2.29 bits per heavy atom. The van der Waals surface area contributed by atoms with E-state index in [0.29, 0.717) is 11.3 Å². The molecule has 1 heterocycles. The van der Waals surface area contributed by atoms with Crippen molar-refractivity contribution < 1.29 is 19.4 Å². The minimum absolute atomic E-state index is 0.0983. The van der Waals surface area contributed by atoms with Crippen molar-refractivity contribution in [2.75, 3.05) is 20.3 Å². The van der Waals surface area contributed by atoms with Crippen LogP contribution in [0.4, 0.5) is 0 Å². The van der Waals surface area contributed by atoms with Gasteiger partial charge in [0.2, 0.25) is 0 Å². The molecule has 1 rings (SSSR count). The highest BCUT2D eigenvalue weighted by Crippen LogP contribution is 2.04. The number of ketones is 1. The number of Topliss-reactive ketones (excluding diaryl/α,β-unsaturated/α-hetero) is 1. The van der Waals surface area contributed by atoms with Gasteiger partial charge in [0, 0.05) is 25.4 Å². The van der Waals surface area contributed by atoms with E-state index in [1.165, 1.54) is 26.3 Å². The molecule has 0 bridgehead atoms. The normalized spacial score (nSPS) is 12.2. The first-order valence-electron chi connectivity index (χ1n) is 5.19. The third-order valence-corrected chi connectivity index (χ3v) is 2.19. The van der Waals surface area contributed by atoms with Gasteiger partial charge in [-0.2, -0.15) is 0 Å². The molecule has 0 saturated heterocycles. The van der Waals surface area contributed by atoms with Gasteiger partial charge < -0.3 is 20.1 Å². The second-order valence-corrected chi connectivity index (χ2v) is 3.68. The maximum absolute atomic E-state index is 11.6. The number of amides is 1. The summed E-state index contributed by atoms with van der Waals surface area (Å²) in [6.45, 7) is 1.68. The first kappa shape index (κ1) is 13.4. The molecule has 1 amide bonds. The van der Waals surface area contributed by atoms with E-state index >= 15 is 0 Å². The predicted molar refractivity (Wildman–Crippen MR) is 61.0 cm³/mol. The number of carbonyl (C=O) groups excluding carboxylic acids is 2. The van der Waals surface area contributed by atoms with Gasteiger partial charge >= 0.3 is 0 Å². The summed E-state index contributed by atoms with van der Waals surface area (Å²) in [4.78, 5) is 25.3. The van der Waals surface area contributed by atoms with Crippen molar-refractivity contribution in [1.82, 2.24) is 10.3 Å². The number of hydrogen-bond donors (Lipinski definition) is 3. The maximum Gasteiger partial charge on any atom is 0.267 e. The summed E-state index contributed by atoms with van der Waals surface area (Å²) in [6.07, 6.45) is 0.731. The number of hydrogen-bond acceptors (Lipinski definition) is 4. The number of H-pyrrole nitrogens is 1. The van der Waals surface area contributed by atoms with Crippen LogP contribution >= 0.6 is 0 Å². The van der Waals surface area contributed by atoms with Gasteiger partial charge in [0.15, 0.2) is 5.78 Å². The smallest absolute Gasteiger partial charge is 0.267 e. The van der Waals surface area contributed by atoms with Crippen LogP contribution in [0, 0.1) is 0 Å². The lowest BCUT2D eigenvalue weighted by atomic mass is 10.2. The van der Waals surface area contributed by atoms with Crippen molar-refractivity contribution in [3.8, 4) is 0 Å². The molecule has 94 valence electrons. The van der Waals surface area contributed by atoms with Crippen LogP contribution in [-0.2, 0) is 4.74 Å². The number of carbonyl (C=O) groups is 2. The number of aromatic nitrogens is 1. The molecular formula is C11H16N2O4. The molecule has 6 heteroatoms. The standard InChI is InChI=1S/C11H16N2O4/c1-7(14)8-3-10(12-4-8)11(16)13-5-9(15)6-17-2/h3-4,9,12,15H,5-6H2,1-2H3,(H,13,16). The van der Waals surface area contributed by atoms with Crippen molar-refractivity contribution in [3.05, 3.63) is 23.5 Å². The molecule has 0 aliphatic rings. The summed E-state index contributed by atoms with van der Waals surface area (Å²) in [6, 6.07) is 1.47. The highest BCUT2D eigenvalue weighted by Gasteiger charge is 2.12. The highest BCUT2D eigenvalue weighted by atomic mass is 16.5. The van der Waals surface area contributed by atoms with E-state index in [1.807, 2.05) is 0 Å². The number of aliphatic hydroxyl groups excluding tert-OH is 1. The van der Waals surface area contributed by atoms with Gasteiger partial charge in [-0.25, -0.2) is 0 Å². The van der Waals surface area contributed by atoms with E-state index in [2.05, 4.69) is 10.3 Å². The predicted octanol–water partition coefficient (Wildman–Crippen LogP) is -0.0456. The van der Waals surface area contributed by atoms with Crippen LogP contribution in [0.25, 0.3) is 0 Å². The van der Waals surface area contributed by atoms with Gasteiger partial charge in [-0.15, -0.1) is 0 Å². The Morgan fingerprint density at radius 3 is 2.82 bits per heavy atom.